The van der Waals surface area contributed by atoms with Crippen LogP contribution in [0.15, 0.2) is 0 Å². The molecule has 1 saturated heterocycles. The highest BCUT2D eigenvalue weighted by Gasteiger charge is 2.39. The summed E-state index contributed by atoms with van der Waals surface area (Å²) in [7, 11) is 4.05. The SMILES string of the molecule is CC(C)N1Cc2c(C(=O)N3CCN(C)CC3)nn(C)c2C1.O=C(O)C(F)(F)F.O=C(O)C(F)(F)F. The van der Waals surface area contributed by atoms with Crippen LogP contribution >= 0.6 is 0 Å². The number of carbonyl (C=O) groups excluding carboxylic acids is 1. The van der Waals surface area contributed by atoms with Crippen LogP contribution in [0.25, 0.3) is 0 Å². The van der Waals surface area contributed by atoms with E-state index in [1.807, 2.05) is 16.6 Å². The molecule has 0 radical (unpaired) electrons. The number of carboxylic acid groups (broad SMARTS) is 2. The second-order valence-corrected chi connectivity index (χ2v) is 8.10. The summed E-state index contributed by atoms with van der Waals surface area (Å²) in [6.07, 6.45) is -10.2. The molecule has 16 heteroatoms. The maximum absolute atomic E-state index is 12.8. The van der Waals surface area contributed by atoms with Gasteiger partial charge in [0.25, 0.3) is 5.91 Å². The Hall–Kier alpha value is -2.88. The highest BCUT2D eigenvalue weighted by atomic mass is 19.4. The summed E-state index contributed by atoms with van der Waals surface area (Å²) < 4.78 is 65.4. The van der Waals surface area contributed by atoms with Crippen LogP contribution in [0, 0.1) is 0 Å². The fourth-order valence-electron chi connectivity index (χ4n) is 3.11. The molecular weight excluding hydrogens is 492 g/mol. The number of aliphatic carboxylic acids is 2. The number of halogens is 6. The van der Waals surface area contributed by atoms with E-state index in [4.69, 9.17) is 19.8 Å². The van der Waals surface area contributed by atoms with Gasteiger partial charge >= 0.3 is 24.3 Å². The number of nitrogens with zero attached hydrogens (tertiary/aromatic N) is 5. The summed E-state index contributed by atoms with van der Waals surface area (Å²) in [6.45, 7) is 9.62. The van der Waals surface area contributed by atoms with Crippen molar-refractivity contribution in [3.8, 4) is 0 Å². The molecular formula is C19H27F6N5O5. The molecule has 0 spiro atoms. The lowest BCUT2D eigenvalue weighted by Gasteiger charge is -2.32. The molecule has 2 aliphatic heterocycles. The van der Waals surface area contributed by atoms with Crippen molar-refractivity contribution >= 4 is 17.8 Å². The smallest absolute Gasteiger partial charge is 0.475 e. The highest BCUT2D eigenvalue weighted by molar-refractivity contribution is 5.94. The first-order chi connectivity index (χ1) is 15.9. The van der Waals surface area contributed by atoms with Gasteiger partial charge in [-0.3, -0.25) is 14.4 Å². The maximum atomic E-state index is 12.8. The van der Waals surface area contributed by atoms with E-state index in [2.05, 4.69) is 35.8 Å². The largest absolute Gasteiger partial charge is 0.490 e. The van der Waals surface area contributed by atoms with Crippen LogP contribution in [-0.2, 0) is 29.7 Å². The Balaban J connectivity index is 0.000000362. The first-order valence-electron chi connectivity index (χ1n) is 10.2. The molecule has 3 heterocycles. The van der Waals surface area contributed by atoms with E-state index in [0.29, 0.717) is 11.7 Å². The average molecular weight is 519 g/mol. The van der Waals surface area contributed by atoms with E-state index < -0.39 is 24.3 Å². The standard InChI is InChI=1S/C15H25N5O.2C2HF3O2/c1-11(2)20-9-12-13(10-20)18(4)16-14(12)15(21)19-7-5-17(3)6-8-19;2*3-2(4,5)1(6)7/h11H,5-10H2,1-4H3;2*(H,6,7). The molecule has 0 atom stereocenters. The first-order valence-corrected chi connectivity index (χ1v) is 10.2. The van der Waals surface area contributed by atoms with Crippen molar-refractivity contribution in [2.75, 3.05) is 33.2 Å². The number of amides is 1. The summed E-state index contributed by atoms with van der Waals surface area (Å²) in [5.41, 5.74) is 3.00. The number of hydrogen-bond acceptors (Lipinski definition) is 6. The monoisotopic (exact) mass is 519 g/mol. The summed E-state index contributed by atoms with van der Waals surface area (Å²) in [5.74, 6) is -5.41. The van der Waals surface area contributed by atoms with Crippen LogP contribution in [0.2, 0.25) is 0 Å². The van der Waals surface area contributed by atoms with Gasteiger partial charge < -0.3 is 20.0 Å². The Kier molecular flexibility index (Phi) is 10.1. The average Bonchev–Trinajstić information content (AvgIpc) is 3.28. The summed E-state index contributed by atoms with van der Waals surface area (Å²) in [4.78, 5) is 37.1. The number of fused-ring (bicyclic) bond motifs is 1. The lowest BCUT2D eigenvalue weighted by molar-refractivity contribution is -0.193. The molecule has 0 unspecified atom stereocenters. The van der Waals surface area contributed by atoms with Crippen LogP contribution in [0.5, 0.6) is 0 Å². The van der Waals surface area contributed by atoms with Gasteiger partial charge in [-0.15, -0.1) is 0 Å². The Bertz CT molecular complexity index is 883. The minimum absolute atomic E-state index is 0.102. The number of carbonyl (C=O) groups is 3. The summed E-state index contributed by atoms with van der Waals surface area (Å²) >= 11 is 0. The fourth-order valence-corrected chi connectivity index (χ4v) is 3.11. The van der Waals surface area contributed by atoms with Gasteiger partial charge in [0.15, 0.2) is 5.69 Å². The molecule has 1 amide bonds. The number of aromatic nitrogens is 2. The van der Waals surface area contributed by atoms with Gasteiger partial charge in [-0.25, -0.2) is 9.59 Å². The van der Waals surface area contributed by atoms with Gasteiger partial charge in [0.1, 0.15) is 0 Å². The van der Waals surface area contributed by atoms with Crippen LogP contribution in [0.4, 0.5) is 26.3 Å². The molecule has 2 N–H and O–H groups in total. The van der Waals surface area contributed by atoms with Crippen LogP contribution in [0.3, 0.4) is 0 Å². The van der Waals surface area contributed by atoms with E-state index in [1.54, 1.807) is 0 Å². The number of carboxylic acids is 2. The van der Waals surface area contributed by atoms with Crippen molar-refractivity contribution < 1.29 is 50.9 Å². The second-order valence-electron chi connectivity index (χ2n) is 8.10. The zero-order valence-electron chi connectivity index (χ0n) is 19.4. The Morgan fingerprint density at radius 2 is 1.29 bits per heavy atom. The Labute approximate surface area is 196 Å². The molecule has 200 valence electrons. The van der Waals surface area contributed by atoms with Gasteiger partial charge in [0, 0.05) is 57.9 Å². The van der Waals surface area contributed by atoms with E-state index in [-0.39, 0.29) is 5.91 Å². The summed E-state index contributed by atoms with van der Waals surface area (Å²) in [5, 5.41) is 18.8. The third-order valence-corrected chi connectivity index (χ3v) is 5.20. The topological polar surface area (TPSA) is 119 Å². The van der Waals surface area contributed by atoms with Crippen molar-refractivity contribution in [3.63, 3.8) is 0 Å². The van der Waals surface area contributed by atoms with Gasteiger partial charge in [0.05, 0.1) is 5.69 Å². The zero-order valence-corrected chi connectivity index (χ0v) is 19.4. The molecule has 10 nitrogen and oxygen atoms in total. The van der Waals surface area contributed by atoms with Gasteiger partial charge in [0.2, 0.25) is 0 Å². The fraction of sp³-hybridized carbons (Fsp3) is 0.684. The highest BCUT2D eigenvalue weighted by Crippen LogP contribution is 2.28. The second kappa shape index (κ2) is 11.7. The Morgan fingerprint density at radius 1 is 0.857 bits per heavy atom. The van der Waals surface area contributed by atoms with Crippen molar-refractivity contribution in [1.82, 2.24) is 24.5 Å². The minimum Gasteiger partial charge on any atom is -0.475 e. The molecule has 1 aromatic rings. The molecule has 0 bridgehead atoms. The minimum atomic E-state index is -5.08. The van der Waals surface area contributed by atoms with E-state index in [9.17, 15) is 31.1 Å². The number of rotatable bonds is 2. The number of likely N-dealkylation sites (N-methyl/N-ethyl adjacent to an activating group) is 1. The predicted octanol–water partition coefficient (Wildman–Crippen LogP) is 1.80. The van der Waals surface area contributed by atoms with Crippen LogP contribution in [0.1, 0.15) is 35.6 Å². The number of hydrogen-bond donors (Lipinski definition) is 2. The van der Waals surface area contributed by atoms with Crippen molar-refractivity contribution in [2.45, 2.75) is 45.3 Å². The van der Waals surface area contributed by atoms with Crippen molar-refractivity contribution in [1.29, 1.82) is 0 Å². The van der Waals surface area contributed by atoms with Crippen molar-refractivity contribution in [3.05, 3.63) is 17.0 Å². The van der Waals surface area contributed by atoms with Gasteiger partial charge in [-0.2, -0.15) is 31.4 Å². The third-order valence-electron chi connectivity index (χ3n) is 5.20. The molecule has 35 heavy (non-hydrogen) atoms. The maximum Gasteiger partial charge on any atom is 0.490 e. The lowest BCUT2D eigenvalue weighted by Crippen LogP contribution is -2.47. The molecule has 1 aromatic heterocycles. The molecule has 1 fully saturated rings. The molecule has 0 aromatic carbocycles. The third kappa shape index (κ3) is 8.69. The van der Waals surface area contributed by atoms with Crippen LogP contribution < -0.4 is 0 Å². The number of aryl methyl sites for hydroxylation is 1. The number of piperazine rings is 1. The van der Waals surface area contributed by atoms with Gasteiger partial charge in [-0.1, -0.05) is 0 Å². The quantitative estimate of drug-likeness (QED) is 0.568. The van der Waals surface area contributed by atoms with Crippen LogP contribution in [-0.4, -0.2) is 104 Å². The zero-order chi connectivity index (χ0) is 27.3. The first kappa shape index (κ1) is 30.2. The van der Waals surface area contributed by atoms with Crippen molar-refractivity contribution in [2.24, 2.45) is 7.05 Å². The van der Waals surface area contributed by atoms with E-state index in [1.165, 1.54) is 5.69 Å². The van der Waals surface area contributed by atoms with Gasteiger partial charge in [-0.05, 0) is 20.9 Å². The summed E-state index contributed by atoms with van der Waals surface area (Å²) in [6, 6.07) is 0.490. The van der Waals surface area contributed by atoms with E-state index in [0.717, 1.165) is 44.8 Å². The molecule has 0 aliphatic carbocycles. The van der Waals surface area contributed by atoms with E-state index >= 15 is 0 Å². The molecule has 2 aliphatic rings. The molecule has 3 rings (SSSR count). The molecule has 0 saturated carbocycles. The lowest BCUT2D eigenvalue weighted by atomic mass is 10.2. The normalized spacial score (nSPS) is 16.7. The number of alkyl halides is 6. The predicted molar refractivity (Wildman–Crippen MR) is 108 cm³/mol. The Morgan fingerprint density at radius 3 is 1.66 bits per heavy atom.